The van der Waals surface area contributed by atoms with Gasteiger partial charge in [0.05, 0.1) is 31.1 Å². The molecule has 5 heteroatoms. The molecule has 0 aromatic carbocycles. The maximum Gasteiger partial charge on any atom is 0.190 e. The summed E-state index contributed by atoms with van der Waals surface area (Å²) in [6.45, 7) is 3.42. The third kappa shape index (κ3) is 3.18. The lowest BCUT2D eigenvalue weighted by atomic mass is 10.6. The molecule has 0 aliphatic heterocycles. The standard InChI is InChI=1S/C10H12N4P/c1-11-4-9(5-12-2)15(3)10-6-13-8-14-7-10/h4-8H,1,3H2,2H3/q+1/b9-4+,12-5?. The van der Waals surface area contributed by atoms with Crippen LogP contribution in [0.1, 0.15) is 0 Å². The van der Waals surface area contributed by atoms with E-state index in [0.29, 0.717) is 0 Å². The molecule has 1 atom stereocenters. The number of nitrogens with zero attached hydrogens (tertiary/aromatic N) is 4. The molecule has 0 saturated carbocycles. The maximum absolute atomic E-state index is 4.08. The van der Waals surface area contributed by atoms with E-state index in [1.54, 1.807) is 31.9 Å². The largest absolute Gasteiger partial charge is 0.292 e. The minimum absolute atomic E-state index is 0.748. The maximum atomic E-state index is 4.08. The fourth-order valence-corrected chi connectivity index (χ4v) is 2.16. The Morgan fingerprint density at radius 2 is 2.13 bits per heavy atom. The van der Waals surface area contributed by atoms with Crippen molar-refractivity contribution in [2.75, 3.05) is 7.05 Å². The normalized spacial score (nSPS) is 12.9. The highest BCUT2D eigenvalue weighted by Gasteiger charge is 2.16. The predicted molar refractivity (Wildman–Crippen MR) is 67.8 cm³/mol. The zero-order chi connectivity index (χ0) is 11.1. The van der Waals surface area contributed by atoms with Gasteiger partial charge in [-0.3, -0.25) is 9.98 Å². The molecule has 1 rings (SSSR count). The van der Waals surface area contributed by atoms with Crippen LogP contribution in [-0.2, 0) is 0 Å². The van der Waals surface area contributed by atoms with Crippen LogP contribution < -0.4 is 5.30 Å². The van der Waals surface area contributed by atoms with Crippen LogP contribution in [-0.4, -0.2) is 36.2 Å². The van der Waals surface area contributed by atoms with Crippen LogP contribution in [0.5, 0.6) is 0 Å². The third-order valence-electron chi connectivity index (χ3n) is 1.66. The minimum atomic E-state index is -0.748. The van der Waals surface area contributed by atoms with Crippen molar-refractivity contribution in [2.45, 2.75) is 0 Å². The average Bonchev–Trinajstić information content (AvgIpc) is 2.29. The van der Waals surface area contributed by atoms with Crippen molar-refractivity contribution >= 4 is 32.1 Å². The first-order valence-corrected chi connectivity index (χ1v) is 5.76. The van der Waals surface area contributed by atoms with Gasteiger partial charge in [-0.25, -0.2) is 9.97 Å². The Balaban J connectivity index is 3.02. The summed E-state index contributed by atoms with van der Waals surface area (Å²) in [5.74, 6) is 0. The number of allylic oxidation sites excluding steroid dienone is 1. The number of rotatable bonds is 4. The molecule has 15 heavy (non-hydrogen) atoms. The van der Waals surface area contributed by atoms with E-state index in [0.717, 1.165) is 10.6 Å². The second-order valence-electron chi connectivity index (χ2n) is 2.65. The van der Waals surface area contributed by atoms with Crippen molar-refractivity contribution in [2.24, 2.45) is 9.98 Å². The molecule has 0 spiro atoms. The molecule has 4 nitrogen and oxygen atoms in total. The van der Waals surface area contributed by atoms with Crippen molar-refractivity contribution in [3.05, 3.63) is 30.2 Å². The van der Waals surface area contributed by atoms with Gasteiger partial charge >= 0.3 is 0 Å². The summed E-state index contributed by atoms with van der Waals surface area (Å²) in [6.07, 6.45) is 12.5. The second-order valence-corrected chi connectivity index (χ2v) is 4.54. The van der Waals surface area contributed by atoms with Crippen LogP contribution in [0.25, 0.3) is 0 Å². The van der Waals surface area contributed by atoms with E-state index in [1.807, 2.05) is 0 Å². The van der Waals surface area contributed by atoms with Crippen molar-refractivity contribution in [1.29, 1.82) is 0 Å². The highest BCUT2D eigenvalue weighted by molar-refractivity contribution is 7.68. The summed E-state index contributed by atoms with van der Waals surface area (Å²) in [4.78, 5) is 15.6. The first-order chi connectivity index (χ1) is 7.29. The summed E-state index contributed by atoms with van der Waals surface area (Å²) in [5, 5.41) is 1.93. The van der Waals surface area contributed by atoms with Gasteiger partial charge in [-0.05, 0) is 6.72 Å². The molecule has 1 aromatic rings. The SMILES string of the molecule is C=N/C=C(\C=NC)[P+](=C)c1cncnc1. The van der Waals surface area contributed by atoms with Gasteiger partial charge in [0.15, 0.2) is 18.2 Å². The third-order valence-corrected chi connectivity index (χ3v) is 3.36. The van der Waals surface area contributed by atoms with E-state index in [1.165, 1.54) is 6.33 Å². The van der Waals surface area contributed by atoms with E-state index in [9.17, 15) is 0 Å². The van der Waals surface area contributed by atoms with E-state index >= 15 is 0 Å². The molecule has 0 bridgehead atoms. The topological polar surface area (TPSA) is 50.5 Å². The lowest BCUT2D eigenvalue weighted by Crippen LogP contribution is -2.00. The molecule has 0 aliphatic rings. The minimum Gasteiger partial charge on any atom is -0.292 e. The van der Waals surface area contributed by atoms with Gasteiger partial charge in [-0.2, -0.15) is 0 Å². The number of hydrogen-bond acceptors (Lipinski definition) is 4. The summed E-state index contributed by atoms with van der Waals surface area (Å²) in [5.41, 5.74) is 0. The quantitative estimate of drug-likeness (QED) is 0.565. The fourth-order valence-electron chi connectivity index (χ4n) is 0.978. The van der Waals surface area contributed by atoms with Crippen LogP contribution >= 0.6 is 7.55 Å². The van der Waals surface area contributed by atoms with Crippen molar-refractivity contribution in [3.8, 4) is 0 Å². The first kappa shape index (κ1) is 11.4. The zero-order valence-electron chi connectivity index (χ0n) is 8.54. The van der Waals surface area contributed by atoms with Crippen LogP contribution in [0.2, 0.25) is 0 Å². The molecule has 0 radical (unpaired) electrons. The predicted octanol–water partition coefficient (Wildman–Crippen LogP) is 1.26. The van der Waals surface area contributed by atoms with Crippen LogP contribution in [0.4, 0.5) is 0 Å². The van der Waals surface area contributed by atoms with Crippen LogP contribution in [0, 0.1) is 0 Å². The molecular weight excluding hydrogens is 207 g/mol. The van der Waals surface area contributed by atoms with Crippen LogP contribution in [0.15, 0.2) is 40.2 Å². The Kier molecular flexibility index (Phi) is 4.51. The Hall–Kier alpha value is -1.67. The van der Waals surface area contributed by atoms with Crippen LogP contribution in [0.3, 0.4) is 0 Å². The van der Waals surface area contributed by atoms with E-state index < -0.39 is 7.55 Å². The van der Waals surface area contributed by atoms with E-state index in [4.69, 9.17) is 0 Å². The van der Waals surface area contributed by atoms with Gasteiger partial charge < -0.3 is 0 Å². The van der Waals surface area contributed by atoms with Crippen molar-refractivity contribution in [1.82, 2.24) is 9.97 Å². The Labute approximate surface area is 89.9 Å². The molecular formula is C10H12N4P+. The molecule has 0 N–H and O–H groups in total. The summed E-state index contributed by atoms with van der Waals surface area (Å²) in [6, 6.07) is 0. The molecule has 1 heterocycles. The fraction of sp³-hybridized carbons (Fsp3) is 0.100. The molecule has 0 fully saturated rings. The van der Waals surface area contributed by atoms with Gasteiger partial charge in [0.1, 0.15) is 6.33 Å². The summed E-state index contributed by atoms with van der Waals surface area (Å²) < 4.78 is 0. The Morgan fingerprint density at radius 1 is 1.47 bits per heavy atom. The Bertz CT molecular complexity index is 409. The van der Waals surface area contributed by atoms with Gasteiger partial charge in [-0.15, -0.1) is 0 Å². The average molecular weight is 219 g/mol. The van der Waals surface area contributed by atoms with Gasteiger partial charge in [0.2, 0.25) is 0 Å². The molecule has 0 saturated heterocycles. The number of hydrogen-bond donors (Lipinski definition) is 0. The van der Waals surface area contributed by atoms with E-state index in [-0.39, 0.29) is 0 Å². The highest BCUT2D eigenvalue weighted by Crippen LogP contribution is 2.28. The second kappa shape index (κ2) is 5.94. The van der Waals surface area contributed by atoms with Gasteiger partial charge in [0, 0.05) is 7.05 Å². The Morgan fingerprint density at radius 3 is 2.67 bits per heavy atom. The highest BCUT2D eigenvalue weighted by atomic mass is 31.1. The molecule has 0 amide bonds. The molecule has 76 valence electrons. The molecule has 1 unspecified atom stereocenters. The van der Waals surface area contributed by atoms with Crippen molar-refractivity contribution in [3.63, 3.8) is 0 Å². The number of aromatic nitrogens is 2. The van der Waals surface area contributed by atoms with Gasteiger partial charge in [-0.1, -0.05) is 0 Å². The number of aliphatic imine (C=N–C) groups is 2. The smallest absolute Gasteiger partial charge is 0.190 e. The molecule has 0 aliphatic carbocycles. The first-order valence-electron chi connectivity index (χ1n) is 4.23. The summed E-state index contributed by atoms with van der Waals surface area (Å²) >= 11 is 0. The monoisotopic (exact) mass is 219 g/mol. The van der Waals surface area contributed by atoms with Crippen molar-refractivity contribution < 1.29 is 0 Å². The lowest BCUT2D eigenvalue weighted by molar-refractivity contribution is 1.19. The molecule has 1 aromatic heterocycles. The zero-order valence-corrected chi connectivity index (χ0v) is 9.43. The van der Waals surface area contributed by atoms with Gasteiger partial charge in [0.25, 0.3) is 0 Å². The summed E-state index contributed by atoms with van der Waals surface area (Å²) in [7, 11) is 0.962. The lowest BCUT2D eigenvalue weighted by Gasteiger charge is -1.92. The van der Waals surface area contributed by atoms with E-state index in [2.05, 4.69) is 33.0 Å².